The van der Waals surface area contributed by atoms with Gasteiger partial charge in [-0.3, -0.25) is 10.00 Å². The van der Waals surface area contributed by atoms with E-state index >= 15 is 0 Å². The van der Waals surface area contributed by atoms with Gasteiger partial charge in [-0.2, -0.15) is 5.10 Å². The Bertz CT molecular complexity index is 1020. The highest BCUT2D eigenvalue weighted by molar-refractivity contribution is 7.12. The zero-order valence-electron chi connectivity index (χ0n) is 18.3. The van der Waals surface area contributed by atoms with Crippen LogP contribution in [0.4, 0.5) is 0 Å². The molecule has 2 aliphatic heterocycles. The molecule has 0 aromatic carbocycles. The van der Waals surface area contributed by atoms with E-state index in [0.29, 0.717) is 13.2 Å². The van der Waals surface area contributed by atoms with Crippen LogP contribution >= 0.6 is 11.3 Å². The maximum absolute atomic E-state index is 6.41. The molecule has 5 heterocycles. The van der Waals surface area contributed by atoms with Crippen molar-refractivity contribution >= 4 is 11.3 Å². The van der Waals surface area contributed by atoms with Crippen molar-refractivity contribution in [2.24, 2.45) is 0 Å². The van der Waals surface area contributed by atoms with E-state index in [4.69, 9.17) is 9.47 Å². The number of rotatable bonds is 7. The number of nitrogens with zero attached hydrogens (tertiary/aromatic N) is 5. The summed E-state index contributed by atoms with van der Waals surface area (Å²) in [5.41, 5.74) is 4.28. The lowest BCUT2D eigenvalue weighted by Crippen LogP contribution is -2.45. The number of likely N-dealkylation sites (tertiary alicyclic amines) is 1. The van der Waals surface area contributed by atoms with Crippen LogP contribution < -0.4 is 0 Å². The van der Waals surface area contributed by atoms with Gasteiger partial charge in [0.25, 0.3) is 0 Å². The Balaban J connectivity index is 1.19. The maximum atomic E-state index is 6.41. The fraction of sp³-hybridized carbons (Fsp3) is 0.591. The Morgan fingerprint density at radius 3 is 2.90 bits per heavy atom. The summed E-state index contributed by atoms with van der Waals surface area (Å²) in [6, 6.07) is 4.41. The van der Waals surface area contributed by atoms with Crippen LogP contribution in [0, 0.1) is 0 Å². The standard InChI is InChI=1S/C22H30N6O2S/c1-3-19-11-20-21(31-19)4-9-30-22(20)5-7-27(8-6-22)12-18-14-28(26-25-18)13-16-10-17(15-29-2)24-23-16/h10-11,14H,3-9,12-13,15H2,1-2H3,(H,23,24). The molecule has 166 valence electrons. The van der Waals surface area contributed by atoms with Crippen molar-refractivity contribution < 1.29 is 9.47 Å². The maximum Gasteiger partial charge on any atom is 0.0967 e. The third kappa shape index (κ3) is 4.32. The van der Waals surface area contributed by atoms with Gasteiger partial charge in [0, 0.05) is 42.9 Å². The first kappa shape index (κ1) is 20.8. The average Bonchev–Trinajstić information content (AvgIpc) is 3.51. The molecule has 5 rings (SSSR count). The third-order valence-electron chi connectivity index (χ3n) is 6.35. The van der Waals surface area contributed by atoms with Crippen LogP contribution in [0.5, 0.6) is 0 Å². The fourth-order valence-electron chi connectivity index (χ4n) is 4.74. The summed E-state index contributed by atoms with van der Waals surface area (Å²) in [7, 11) is 1.67. The number of aromatic amines is 1. The second kappa shape index (κ2) is 8.82. The van der Waals surface area contributed by atoms with Gasteiger partial charge < -0.3 is 9.47 Å². The van der Waals surface area contributed by atoms with Crippen molar-refractivity contribution in [3.63, 3.8) is 0 Å². The minimum atomic E-state index is -0.0772. The molecule has 0 saturated carbocycles. The minimum Gasteiger partial charge on any atom is -0.378 e. The number of hydrogen-bond acceptors (Lipinski definition) is 7. The predicted molar refractivity (Wildman–Crippen MR) is 118 cm³/mol. The topological polar surface area (TPSA) is 81.1 Å². The van der Waals surface area contributed by atoms with Crippen molar-refractivity contribution in [1.82, 2.24) is 30.1 Å². The summed E-state index contributed by atoms with van der Waals surface area (Å²) in [4.78, 5) is 5.50. The number of aromatic nitrogens is 5. The quantitative estimate of drug-likeness (QED) is 0.606. The van der Waals surface area contributed by atoms with Gasteiger partial charge in [0.1, 0.15) is 0 Å². The normalized spacial score (nSPS) is 18.5. The Kier molecular flexibility index (Phi) is 5.92. The lowest BCUT2D eigenvalue weighted by molar-refractivity contribution is -0.0982. The van der Waals surface area contributed by atoms with Crippen molar-refractivity contribution in [1.29, 1.82) is 0 Å². The van der Waals surface area contributed by atoms with Crippen LogP contribution in [-0.2, 0) is 47.6 Å². The molecule has 1 N–H and O–H groups in total. The van der Waals surface area contributed by atoms with Gasteiger partial charge in [0.2, 0.25) is 0 Å². The number of ether oxygens (including phenoxy) is 2. The molecule has 0 amide bonds. The molecule has 9 heteroatoms. The molecule has 0 radical (unpaired) electrons. The first-order valence-corrected chi connectivity index (χ1v) is 11.9. The monoisotopic (exact) mass is 442 g/mol. The number of H-pyrrole nitrogens is 1. The second-order valence-electron chi connectivity index (χ2n) is 8.50. The number of fused-ring (bicyclic) bond motifs is 2. The lowest BCUT2D eigenvalue weighted by Gasteiger charge is -2.44. The van der Waals surface area contributed by atoms with Gasteiger partial charge in [-0.05, 0) is 37.0 Å². The van der Waals surface area contributed by atoms with Crippen LogP contribution in [0.25, 0.3) is 0 Å². The molecule has 0 atom stereocenters. The predicted octanol–water partition coefficient (Wildman–Crippen LogP) is 2.88. The number of hydrogen-bond donors (Lipinski definition) is 1. The van der Waals surface area contributed by atoms with E-state index in [9.17, 15) is 0 Å². The van der Waals surface area contributed by atoms with Gasteiger partial charge >= 0.3 is 0 Å². The smallest absolute Gasteiger partial charge is 0.0967 e. The molecule has 1 fully saturated rings. The minimum absolute atomic E-state index is 0.0772. The Labute approximate surface area is 186 Å². The van der Waals surface area contributed by atoms with Gasteiger partial charge in [-0.1, -0.05) is 12.1 Å². The molecule has 31 heavy (non-hydrogen) atoms. The molecule has 1 spiro atoms. The molecule has 0 unspecified atom stereocenters. The van der Waals surface area contributed by atoms with Crippen LogP contribution in [0.3, 0.4) is 0 Å². The number of thiophene rings is 1. The molecule has 1 saturated heterocycles. The first-order valence-electron chi connectivity index (χ1n) is 11.1. The van der Waals surface area contributed by atoms with E-state index < -0.39 is 0 Å². The van der Waals surface area contributed by atoms with Crippen LogP contribution in [0.1, 0.15) is 52.2 Å². The van der Waals surface area contributed by atoms with Crippen LogP contribution in [0.15, 0.2) is 18.3 Å². The van der Waals surface area contributed by atoms with Gasteiger partial charge in [0.15, 0.2) is 0 Å². The Morgan fingerprint density at radius 2 is 2.10 bits per heavy atom. The van der Waals surface area contributed by atoms with E-state index in [0.717, 1.165) is 69.0 Å². The van der Waals surface area contributed by atoms with Gasteiger partial charge in [-0.25, -0.2) is 4.68 Å². The average molecular weight is 443 g/mol. The number of methoxy groups -OCH3 is 1. The van der Waals surface area contributed by atoms with E-state index in [1.54, 1.807) is 12.0 Å². The summed E-state index contributed by atoms with van der Waals surface area (Å²) >= 11 is 1.99. The summed E-state index contributed by atoms with van der Waals surface area (Å²) in [6.45, 7) is 7.09. The SMILES string of the molecule is CCc1cc2c(s1)CCOC21CCN(Cc2cn(Cc3cc(COC)n[nH]3)nn2)CC1. The van der Waals surface area contributed by atoms with E-state index in [1.807, 2.05) is 28.3 Å². The van der Waals surface area contributed by atoms with Gasteiger partial charge in [-0.15, -0.1) is 16.4 Å². The largest absolute Gasteiger partial charge is 0.378 e. The summed E-state index contributed by atoms with van der Waals surface area (Å²) < 4.78 is 13.4. The second-order valence-corrected chi connectivity index (χ2v) is 9.72. The molecule has 0 aliphatic carbocycles. The zero-order chi connectivity index (χ0) is 21.3. The molecule has 3 aromatic heterocycles. The number of piperidine rings is 1. The zero-order valence-corrected chi connectivity index (χ0v) is 19.1. The Hall–Kier alpha value is -2.07. The number of nitrogens with one attached hydrogen (secondary N) is 1. The molecular formula is C22H30N6O2S. The molecule has 8 nitrogen and oxygen atoms in total. The Morgan fingerprint density at radius 1 is 1.23 bits per heavy atom. The van der Waals surface area contributed by atoms with Crippen molar-refractivity contribution in [2.75, 3.05) is 26.8 Å². The van der Waals surface area contributed by atoms with Crippen molar-refractivity contribution in [3.8, 4) is 0 Å². The first-order chi connectivity index (χ1) is 15.2. The third-order valence-corrected chi connectivity index (χ3v) is 7.69. The summed E-state index contributed by atoms with van der Waals surface area (Å²) in [5, 5.41) is 16.0. The highest BCUT2D eigenvalue weighted by Crippen LogP contribution is 2.44. The number of aryl methyl sites for hydroxylation is 1. The van der Waals surface area contributed by atoms with E-state index in [1.165, 1.54) is 10.4 Å². The van der Waals surface area contributed by atoms with E-state index in [2.05, 4.69) is 38.4 Å². The summed E-state index contributed by atoms with van der Waals surface area (Å²) in [6.07, 6.45) is 6.30. The van der Waals surface area contributed by atoms with Gasteiger partial charge in [0.05, 0.1) is 48.6 Å². The molecule has 2 aliphatic rings. The van der Waals surface area contributed by atoms with Crippen molar-refractivity contribution in [3.05, 3.63) is 50.7 Å². The van der Waals surface area contributed by atoms with Crippen molar-refractivity contribution in [2.45, 2.75) is 57.9 Å². The lowest BCUT2D eigenvalue weighted by atomic mass is 9.82. The van der Waals surface area contributed by atoms with E-state index in [-0.39, 0.29) is 5.60 Å². The highest BCUT2D eigenvalue weighted by Gasteiger charge is 2.41. The van der Waals surface area contributed by atoms with Crippen LogP contribution in [-0.4, -0.2) is 56.9 Å². The fourth-order valence-corrected chi connectivity index (χ4v) is 5.91. The molecule has 3 aromatic rings. The summed E-state index contributed by atoms with van der Waals surface area (Å²) in [5.74, 6) is 0. The molecule has 0 bridgehead atoms. The highest BCUT2D eigenvalue weighted by atomic mass is 32.1. The van der Waals surface area contributed by atoms with Crippen LogP contribution in [0.2, 0.25) is 0 Å². The molecular weight excluding hydrogens is 412 g/mol.